The number of halogens is 2. The molecule has 2 rings (SSSR count). The van der Waals surface area contributed by atoms with E-state index in [1.54, 1.807) is 25.1 Å². The van der Waals surface area contributed by atoms with Crippen LogP contribution in [-0.2, 0) is 0 Å². The monoisotopic (exact) mass is 265 g/mol. The molecule has 0 aliphatic rings. The molecule has 100 valence electrons. The average Bonchev–Trinajstić information content (AvgIpc) is 2.35. The Morgan fingerprint density at radius 3 is 2.74 bits per heavy atom. The first kappa shape index (κ1) is 13.3. The third-order valence-electron chi connectivity index (χ3n) is 2.67. The number of nitrogens with zero attached hydrogens (tertiary/aromatic N) is 2. The van der Waals surface area contributed by atoms with Gasteiger partial charge in [0.25, 0.3) is 6.43 Å². The zero-order chi connectivity index (χ0) is 14.0. The van der Waals surface area contributed by atoms with Crippen LogP contribution in [-0.4, -0.2) is 28.7 Å². The van der Waals surface area contributed by atoms with Crippen molar-refractivity contribution in [2.24, 2.45) is 0 Å². The number of aromatic nitrogens is 2. The van der Waals surface area contributed by atoms with E-state index in [4.69, 9.17) is 0 Å². The van der Waals surface area contributed by atoms with Crippen molar-refractivity contribution < 1.29 is 13.6 Å². The summed E-state index contributed by atoms with van der Waals surface area (Å²) in [6, 6.07) is 5.10. The number of para-hydroxylation sites is 1. The molecule has 0 saturated heterocycles. The zero-order valence-corrected chi connectivity index (χ0v) is 10.6. The molecule has 4 nitrogen and oxygen atoms in total. The maximum Gasteiger partial charge on any atom is 0.255 e. The van der Waals surface area contributed by atoms with E-state index in [1.807, 2.05) is 0 Å². The number of hydrogen-bond donors (Lipinski definition) is 1. The molecule has 19 heavy (non-hydrogen) atoms. The molecule has 0 fully saturated rings. The Kier molecular flexibility index (Phi) is 3.69. The minimum absolute atomic E-state index is 0.136. The van der Waals surface area contributed by atoms with E-state index in [1.165, 1.54) is 6.92 Å². The normalized spacial score (nSPS) is 11.0. The topological polar surface area (TPSA) is 54.9 Å². The molecule has 2 aromatic rings. The molecule has 0 unspecified atom stereocenters. The van der Waals surface area contributed by atoms with E-state index in [0.717, 1.165) is 0 Å². The Bertz CT molecular complexity index is 629. The second kappa shape index (κ2) is 5.26. The predicted octanol–water partition coefficient (Wildman–Crippen LogP) is 2.82. The lowest BCUT2D eigenvalue weighted by Gasteiger charge is -2.10. The largest absolute Gasteiger partial charge is 0.363 e. The summed E-state index contributed by atoms with van der Waals surface area (Å²) in [5, 5.41) is 2.54. The highest BCUT2D eigenvalue weighted by Gasteiger charge is 2.12. The highest BCUT2D eigenvalue weighted by atomic mass is 19.3. The van der Waals surface area contributed by atoms with E-state index in [0.29, 0.717) is 22.3 Å². The van der Waals surface area contributed by atoms with Gasteiger partial charge in [-0.1, -0.05) is 6.07 Å². The maximum atomic E-state index is 12.2. The smallest absolute Gasteiger partial charge is 0.255 e. The summed E-state index contributed by atoms with van der Waals surface area (Å²) in [4.78, 5) is 20.0. The number of benzene rings is 1. The first-order valence-electron chi connectivity index (χ1n) is 5.79. The van der Waals surface area contributed by atoms with Crippen LogP contribution in [0.3, 0.4) is 0 Å². The fraction of sp³-hybridized carbons (Fsp3) is 0.308. The van der Waals surface area contributed by atoms with Gasteiger partial charge in [-0.3, -0.25) is 4.79 Å². The second-order valence-corrected chi connectivity index (χ2v) is 4.16. The number of ketones is 1. The van der Waals surface area contributed by atoms with Crippen LogP contribution in [0.4, 0.5) is 14.6 Å². The van der Waals surface area contributed by atoms with Gasteiger partial charge in [-0.25, -0.2) is 18.7 Å². The molecular formula is C13H13F2N3O. The Balaban J connectivity index is 2.52. The van der Waals surface area contributed by atoms with Crippen LogP contribution >= 0.6 is 0 Å². The summed E-state index contributed by atoms with van der Waals surface area (Å²) in [7, 11) is 0. The van der Waals surface area contributed by atoms with Gasteiger partial charge in [0.2, 0.25) is 0 Å². The summed E-state index contributed by atoms with van der Waals surface area (Å²) in [6.07, 6.45) is -2.47. The van der Waals surface area contributed by atoms with Gasteiger partial charge in [0, 0.05) is 5.56 Å². The van der Waals surface area contributed by atoms with Crippen LogP contribution in [0.15, 0.2) is 18.2 Å². The number of Topliss-reactive ketones (excluding diaryl/α,β-unsaturated/α-hetero) is 1. The molecule has 0 aliphatic heterocycles. The molecule has 0 bridgehead atoms. The minimum Gasteiger partial charge on any atom is -0.363 e. The number of rotatable bonds is 4. The molecule has 1 heterocycles. The SMILES string of the molecule is CC(=O)c1cccc2nc(C)c(NCC(F)F)nc12. The number of alkyl halides is 2. The van der Waals surface area contributed by atoms with Crippen molar-refractivity contribution >= 4 is 22.6 Å². The molecule has 0 spiro atoms. The Morgan fingerprint density at radius 1 is 1.37 bits per heavy atom. The summed E-state index contributed by atoms with van der Waals surface area (Å²) in [5.74, 6) is 0.144. The second-order valence-electron chi connectivity index (χ2n) is 4.16. The predicted molar refractivity (Wildman–Crippen MR) is 68.8 cm³/mol. The van der Waals surface area contributed by atoms with Gasteiger partial charge in [0.15, 0.2) is 5.78 Å². The Labute approximate surface area is 108 Å². The van der Waals surface area contributed by atoms with Crippen LogP contribution in [0.5, 0.6) is 0 Å². The van der Waals surface area contributed by atoms with Crippen molar-refractivity contribution in [2.45, 2.75) is 20.3 Å². The molecule has 6 heteroatoms. The standard InChI is InChI=1S/C13H13F2N3O/c1-7-13(16-6-11(14)15)18-12-9(8(2)19)4-3-5-10(12)17-7/h3-5,11H,6H2,1-2H3,(H,16,18). The lowest BCUT2D eigenvalue weighted by molar-refractivity contribution is 0.101. The first-order chi connectivity index (χ1) is 8.99. The van der Waals surface area contributed by atoms with Gasteiger partial charge >= 0.3 is 0 Å². The quantitative estimate of drug-likeness (QED) is 0.864. The van der Waals surface area contributed by atoms with Crippen LogP contribution in [0.2, 0.25) is 0 Å². The van der Waals surface area contributed by atoms with E-state index in [9.17, 15) is 13.6 Å². The van der Waals surface area contributed by atoms with Crippen LogP contribution in [0, 0.1) is 6.92 Å². The Morgan fingerprint density at radius 2 is 2.11 bits per heavy atom. The lowest BCUT2D eigenvalue weighted by atomic mass is 10.1. The van der Waals surface area contributed by atoms with Crippen LogP contribution in [0.1, 0.15) is 23.0 Å². The number of nitrogens with one attached hydrogen (secondary N) is 1. The third kappa shape index (κ3) is 2.83. The molecule has 0 saturated carbocycles. The molecule has 0 aliphatic carbocycles. The van der Waals surface area contributed by atoms with Gasteiger partial charge in [0.05, 0.1) is 17.8 Å². The Hall–Kier alpha value is -2.11. The fourth-order valence-electron chi connectivity index (χ4n) is 1.79. The third-order valence-corrected chi connectivity index (χ3v) is 2.67. The van der Waals surface area contributed by atoms with Gasteiger partial charge < -0.3 is 5.32 Å². The van der Waals surface area contributed by atoms with Gasteiger partial charge in [-0.15, -0.1) is 0 Å². The molecular weight excluding hydrogens is 252 g/mol. The number of carbonyl (C=O) groups excluding carboxylic acids is 1. The first-order valence-corrected chi connectivity index (χ1v) is 5.79. The van der Waals surface area contributed by atoms with E-state index in [-0.39, 0.29) is 11.6 Å². The van der Waals surface area contributed by atoms with Crippen molar-refractivity contribution in [3.05, 3.63) is 29.5 Å². The molecule has 0 atom stereocenters. The van der Waals surface area contributed by atoms with Gasteiger partial charge in [-0.05, 0) is 26.0 Å². The van der Waals surface area contributed by atoms with E-state index < -0.39 is 13.0 Å². The molecule has 0 amide bonds. The van der Waals surface area contributed by atoms with Crippen molar-refractivity contribution in [1.82, 2.24) is 9.97 Å². The lowest BCUT2D eigenvalue weighted by Crippen LogP contribution is -2.13. The maximum absolute atomic E-state index is 12.2. The molecule has 1 N–H and O–H groups in total. The van der Waals surface area contributed by atoms with Crippen molar-refractivity contribution in [3.63, 3.8) is 0 Å². The van der Waals surface area contributed by atoms with E-state index >= 15 is 0 Å². The highest BCUT2D eigenvalue weighted by molar-refractivity contribution is 6.04. The molecule has 1 aromatic heterocycles. The van der Waals surface area contributed by atoms with Crippen molar-refractivity contribution in [3.8, 4) is 0 Å². The number of hydrogen-bond acceptors (Lipinski definition) is 4. The number of anilines is 1. The number of fused-ring (bicyclic) bond motifs is 1. The van der Waals surface area contributed by atoms with E-state index in [2.05, 4.69) is 15.3 Å². The summed E-state index contributed by atoms with van der Waals surface area (Å²) in [5.41, 5.74) is 1.96. The summed E-state index contributed by atoms with van der Waals surface area (Å²) >= 11 is 0. The highest BCUT2D eigenvalue weighted by Crippen LogP contribution is 2.20. The fourth-order valence-corrected chi connectivity index (χ4v) is 1.79. The van der Waals surface area contributed by atoms with Crippen LogP contribution < -0.4 is 5.32 Å². The zero-order valence-electron chi connectivity index (χ0n) is 10.6. The van der Waals surface area contributed by atoms with Gasteiger partial charge in [0.1, 0.15) is 11.3 Å². The molecule has 1 aromatic carbocycles. The van der Waals surface area contributed by atoms with Crippen molar-refractivity contribution in [2.75, 3.05) is 11.9 Å². The average molecular weight is 265 g/mol. The van der Waals surface area contributed by atoms with Crippen LogP contribution in [0.25, 0.3) is 11.0 Å². The van der Waals surface area contributed by atoms with Gasteiger partial charge in [-0.2, -0.15) is 0 Å². The number of aryl methyl sites for hydroxylation is 1. The number of carbonyl (C=O) groups is 1. The minimum atomic E-state index is -2.47. The van der Waals surface area contributed by atoms with Crippen molar-refractivity contribution in [1.29, 1.82) is 0 Å². The molecule has 0 radical (unpaired) electrons. The summed E-state index contributed by atoms with van der Waals surface area (Å²) < 4.78 is 24.4. The summed E-state index contributed by atoms with van der Waals surface area (Å²) in [6.45, 7) is 2.62.